The highest BCUT2D eigenvalue weighted by molar-refractivity contribution is 7.18. The van der Waals surface area contributed by atoms with Crippen LogP contribution < -0.4 is 16.4 Å². The molecule has 0 bridgehead atoms. The van der Waals surface area contributed by atoms with Gasteiger partial charge < -0.3 is 16.4 Å². The van der Waals surface area contributed by atoms with Crippen LogP contribution in [0.3, 0.4) is 0 Å². The van der Waals surface area contributed by atoms with Gasteiger partial charge in [-0.2, -0.15) is 0 Å². The average molecular weight is 327 g/mol. The summed E-state index contributed by atoms with van der Waals surface area (Å²) in [6, 6.07) is 4.18. The molecule has 2 aromatic rings. The number of hydrogen-bond donors (Lipinski definition) is 3. The highest BCUT2D eigenvalue weighted by Gasteiger charge is 2.24. The molecule has 3 rings (SSSR count). The Bertz CT molecular complexity index is 701. The van der Waals surface area contributed by atoms with E-state index >= 15 is 0 Å². The molecule has 0 unspecified atom stereocenters. The minimum absolute atomic E-state index is 0.128. The number of benzene rings is 1. The molecule has 1 heterocycles. The van der Waals surface area contributed by atoms with Crippen LogP contribution in [0.4, 0.5) is 21.0 Å². The van der Waals surface area contributed by atoms with Crippen molar-refractivity contribution in [3.05, 3.63) is 33.9 Å². The third-order valence-corrected chi connectivity index (χ3v) is 4.26. The molecule has 1 aromatic heterocycles. The number of nitrogen functional groups attached to an aromatic ring is 1. The molecule has 1 aliphatic carbocycles. The van der Waals surface area contributed by atoms with Crippen molar-refractivity contribution >= 4 is 45.5 Å². The summed E-state index contributed by atoms with van der Waals surface area (Å²) in [5.74, 6) is -0.715. The Morgan fingerprint density at radius 3 is 2.90 bits per heavy atom. The number of nitrogens with two attached hydrogens (primary N) is 1. The summed E-state index contributed by atoms with van der Waals surface area (Å²) in [7, 11) is 0. The Hall–Kier alpha value is -1.86. The third-order valence-electron chi connectivity index (χ3n) is 2.94. The molecule has 8 heteroatoms. The van der Waals surface area contributed by atoms with Gasteiger partial charge in [0.1, 0.15) is 16.5 Å². The fourth-order valence-corrected chi connectivity index (χ4v) is 2.80. The molecule has 110 valence electrons. The van der Waals surface area contributed by atoms with E-state index < -0.39 is 11.7 Å². The molecule has 0 atom stereocenters. The average Bonchev–Trinajstić information content (AvgIpc) is 3.15. The number of carbonyl (C=O) groups is 1. The molecular formula is C13H12ClFN4OS. The Kier molecular flexibility index (Phi) is 3.69. The van der Waals surface area contributed by atoms with Gasteiger partial charge in [-0.15, -0.1) is 0 Å². The summed E-state index contributed by atoms with van der Waals surface area (Å²) in [5, 5.41) is 6.55. The van der Waals surface area contributed by atoms with Gasteiger partial charge in [0.15, 0.2) is 5.13 Å². The van der Waals surface area contributed by atoms with Gasteiger partial charge in [0.05, 0.1) is 10.7 Å². The van der Waals surface area contributed by atoms with E-state index in [1.54, 1.807) is 0 Å². The van der Waals surface area contributed by atoms with Crippen molar-refractivity contribution in [1.82, 2.24) is 4.98 Å². The highest BCUT2D eigenvalue weighted by atomic mass is 35.5. The second-order valence-electron chi connectivity index (χ2n) is 4.73. The van der Waals surface area contributed by atoms with Crippen LogP contribution in [-0.4, -0.2) is 16.9 Å². The molecular weight excluding hydrogens is 315 g/mol. The van der Waals surface area contributed by atoms with Crippen molar-refractivity contribution in [3.8, 4) is 0 Å². The van der Waals surface area contributed by atoms with Crippen LogP contribution in [0, 0.1) is 5.82 Å². The van der Waals surface area contributed by atoms with Gasteiger partial charge in [-0.05, 0) is 31.0 Å². The molecule has 0 saturated heterocycles. The molecule has 0 spiro atoms. The molecule has 1 aromatic carbocycles. The lowest BCUT2D eigenvalue weighted by atomic mass is 10.3. The van der Waals surface area contributed by atoms with E-state index in [-0.39, 0.29) is 10.8 Å². The molecule has 4 N–H and O–H groups in total. The van der Waals surface area contributed by atoms with E-state index in [0.29, 0.717) is 21.7 Å². The predicted molar refractivity (Wildman–Crippen MR) is 82.5 cm³/mol. The van der Waals surface area contributed by atoms with Gasteiger partial charge in [-0.25, -0.2) is 9.37 Å². The smallest absolute Gasteiger partial charge is 0.269 e. The van der Waals surface area contributed by atoms with E-state index in [4.69, 9.17) is 17.3 Å². The maximum absolute atomic E-state index is 13.0. The zero-order chi connectivity index (χ0) is 15.0. The zero-order valence-corrected chi connectivity index (χ0v) is 12.4. The van der Waals surface area contributed by atoms with Crippen molar-refractivity contribution in [2.45, 2.75) is 18.9 Å². The zero-order valence-electron chi connectivity index (χ0n) is 10.8. The monoisotopic (exact) mass is 326 g/mol. The molecule has 0 radical (unpaired) electrons. The standard InChI is InChI=1S/C13H12ClFN4OS/c14-8-5-6(15)1-4-9(8)18-12(20)10-11(16)19-13(21-10)17-7-2-3-7/h1,4-5,7H,2-3,16H2,(H,17,19)(H,18,20). The summed E-state index contributed by atoms with van der Waals surface area (Å²) in [6.45, 7) is 0. The predicted octanol–water partition coefficient (Wildman–Crippen LogP) is 3.34. The van der Waals surface area contributed by atoms with Gasteiger partial charge in [-0.1, -0.05) is 22.9 Å². The number of thiazole rings is 1. The number of aromatic nitrogens is 1. The van der Waals surface area contributed by atoms with Crippen LogP contribution in [0.15, 0.2) is 18.2 Å². The number of hydrogen-bond acceptors (Lipinski definition) is 5. The largest absolute Gasteiger partial charge is 0.382 e. The maximum atomic E-state index is 13.0. The first kappa shape index (κ1) is 14.1. The van der Waals surface area contributed by atoms with E-state index in [0.717, 1.165) is 18.9 Å². The summed E-state index contributed by atoms with van der Waals surface area (Å²) in [4.78, 5) is 16.6. The van der Waals surface area contributed by atoms with E-state index in [9.17, 15) is 9.18 Å². The quantitative estimate of drug-likeness (QED) is 0.805. The Labute approximate surface area is 129 Å². The first-order valence-corrected chi connectivity index (χ1v) is 7.51. The van der Waals surface area contributed by atoms with Crippen LogP contribution in [-0.2, 0) is 0 Å². The molecule has 1 aliphatic rings. The third kappa shape index (κ3) is 3.25. The van der Waals surface area contributed by atoms with Crippen molar-refractivity contribution < 1.29 is 9.18 Å². The number of nitrogens with one attached hydrogen (secondary N) is 2. The van der Waals surface area contributed by atoms with Gasteiger partial charge in [0, 0.05) is 6.04 Å². The Morgan fingerprint density at radius 1 is 1.48 bits per heavy atom. The Balaban J connectivity index is 1.76. The maximum Gasteiger partial charge on any atom is 0.269 e. The van der Waals surface area contributed by atoms with Crippen molar-refractivity contribution in [2.24, 2.45) is 0 Å². The van der Waals surface area contributed by atoms with Crippen LogP contribution in [0.2, 0.25) is 5.02 Å². The van der Waals surface area contributed by atoms with Gasteiger partial charge in [0.25, 0.3) is 5.91 Å². The number of nitrogens with zero attached hydrogens (tertiary/aromatic N) is 1. The summed E-state index contributed by atoms with van der Waals surface area (Å²) in [6.07, 6.45) is 2.21. The SMILES string of the molecule is Nc1nc(NC2CC2)sc1C(=O)Nc1ccc(F)cc1Cl. The van der Waals surface area contributed by atoms with Crippen molar-refractivity contribution in [3.63, 3.8) is 0 Å². The molecule has 1 saturated carbocycles. The lowest BCUT2D eigenvalue weighted by molar-refractivity contribution is 0.103. The number of anilines is 3. The van der Waals surface area contributed by atoms with Gasteiger partial charge in [-0.3, -0.25) is 4.79 Å². The Morgan fingerprint density at radius 2 is 2.24 bits per heavy atom. The second-order valence-corrected chi connectivity index (χ2v) is 6.14. The summed E-state index contributed by atoms with van der Waals surface area (Å²) >= 11 is 7.06. The minimum atomic E-state index is -0.466. The second kappa shape index (κ2) is 5.50. The molecule has 0 aliphatic heterocycles. The lowest BCUT2D eigenvalue weighted by Crippen LogP contribution is -2.12. The first-order valence-electron chi connectivity index (χ1n) is 6.32. The van der Waals surface area contributed by atoms with Crippen LogP contribution >= 0.6 is 22.9 Å². The fraction of sp³-hybridized carbons (Fsp3) is 0.231. The number of halogens is 2. The van der Waals surface area contributed by atoms with Gasteiger partial charge in [0.2, 0.25) is 0 Å². The fourth-order valence-electron chi connectivity index (χ4n) is 1.73. The van der Waals surface area contributed by atoms with Crippen LogP contribution in [0.1, 0.15) is 22.5 Å². The number of amides is 1. The number of rotatable bonds is 4. The van der Waals surface area contributed by atoms with Crippen LogP contribution in [0.25, 0.3) is 0 Å². The normalized spacial score (nSPS) is 14.0. The van der Waals surface area contributed by atoms with E-state index in [2.05, 4.69) is 15.6 Å². The van der Waals surface area contributed by atoms with E-state index in [1.807, 2.05) is 0 Å². The first-order chi connectivity index (χ1) is 10.0. The summed E-state index contributed by atoms with van der Waals surface area (Å²) < 4.78 is 13.0. The van der Waals surface area contributed by atoms with Gasteiger partial charge >= 0.3 is 0 Å². The molecule has 5 nitrogen and oxygen atoms in total. The summed E-state index contributed by atoms with van der Waals surface area (Å²) in [5.41, 5.74) is 6.09. The van der Waals surface area contributed by atoms with Crippen molar-refractivity contribution in [2.75, 3.05) is 16.4 Å². The molecule has 1 amide bonds. The van der Waals surface area contributed by atoms with Crippen molar-refractivity contribution in [1.29, 1.82) is 0 Å². The topological polar surface area (TPSA) is 80.0 Å². The van der Waals surface area contributed by atoms with Crippen LogP contribution in [0.5, 0.6) is 0 Å². The molecule has 1 fully saturated rings. The molecule has 21 heavy (non-hydrogen) atoms. The highest BCUT2D eigenvalue weighted by Crippen LogP contribution is 2.31. The lowest BCUT2D eigenvalue weighted by Gasteiger charge is -2.06. The number of carbonyl (C=O) groups excluding carboxylic acids is 1. The van der Waals surface area contributed by atoms with E-state index in [1.165, 1.54) is 23.5 Å². The minimum Gasteiger partial charge on any atom is -0.382 e.